The summed E-state index contributed by atoms with van der Waals surface area (Å²) in [5.74, 6) is -0.556. The Morgan fingerprint density at radius 2 is 1.83 bits per heavy atom. The summed E-state index contributed by atoms with van der Waals surface area (Å²) >= 11 is 9.99. The van der Waals surface area contributed by atoms with E-state index in [0.29, 0.717) is 0 Å². The van der Waals surface area contributed by atoms with E-state index in [1.165, 1.54) is 0 Å². The van der Waals surface area contributed by atoms with Crippen molar-refractivity contribution in [3.63, 3.8) is 0 Å². The summed E-state index contributed by atoms with van der Waals surface area (Å²) < 4.78 is 3.95. The van der Waals surface area contributed by atoms with Crippen LogP contribution in [0.1, 0.15) is 26.7 Å². The molecule has 0 atom stereocenters. The Bertz CT molecular complexity index is 189. The Labute approximate surface area is 81.1 Å². The number of hydrogen-bond acceptors (Lipinski definition) is 3. The number of hydrogen-bond donors (Lipinski definition) is 0. The lowest BCUT2D eigenvalue weighted by Crippen LogP contribution is -2.19. The van der Waals surface area contributed by atoms with Crippen LogP contribution in [0.3, 0.4) is 0 Å². The highest BCUT2D eigenvalue weighted by molar-refractivity contribution is 6.63. The van der Waals surface area contributed by atoms with Crippen molar-refractivity contribution in [3.05, 3.63) is 0 Å². The SMILES string of the molecule is CC(C)(CC(=O)Cl)CC(=O)OCl. The van der Waals surface area contributed by atoms with Gasteiger partial charge in [-0.1, -0.05) is 13.8 Å². The summed E-state index contributed by atoms with van der Waals surface area (Å²) in [6, 6.07) is 0. The standard InChI is InChI=1S/C7H10Cl2O3/c1-7(2,3-5(8)10)4-6(11)12-9/h3-4H2,1-2H3. The third-order valence-electron chi connectivity index (χ3n) is 1.33. The zero-order valence-corrected chi connectivity index (χ0v) is 8.41. The third-order valence-corrected chi connectivity index (χ3v) is 1.63. The van der Waals surface area contributed by atoms with Gasteiger partial charge in [0.15, 0.2) is 0 Å². The van der Waals surface area contributed by atoms with Crippen LogP contribution in [0.25, 0.3) is 0 Å². The molecule has 0 aromatic heterocycles. The minimum atomic E-state index is -0.556. The lowest BCUT2D eigenvalue weighted by atomic mass is 9.86. The Balaban J connectivity index is 4.03. The second-order valence-electron chi connectivity index (χ2n) is 3.32. The van der Waals surface area contributed by atoms with Gasteiger partial charge in [0.05, 0.1) is 6.42 Å². The first kappa shape index (κ1) is 11.7. The molecule has 0 saturated carbocycles. The molecule has 0 amide bonds. The van der Waals surface area contributed by atoms with Crippen molar-refractivity contribution < 1.29 is 13.9 Å². The molecule has 3 nitrogen and oxygen atoms in total. The second-order valence-corrected chi connectivity index (χ2v) is 3.90. The van der Waals surface area contributed by atoms with Crippen molar-refractivity contribution in [1.82, 2.24) is 0 Å². The molecule has 0 fully saturated rings. The quantitative estimate of drug-likeness (QED) is 0.672. The molecule has 0 aliphatic rings. The van der Waals surface area contributed by atoms with Gasteiger partial charge in [0.2, 0.25) is 5.24 Å². The van der Waals surface area contributed by atoms with E-state index in [1.807, 2.05) is 0 Å². The van der Waals surface area contributed by atoms with Crippen LogP contribution in [0.5, 0.6) is 0 Å². The van der Waals surface area contributed by atoms with E-state index in [4.69, 9.17) is 23.5 Å². The topological polar surface area (TPSA) is 43.4 Å². The summed E-state index contributed by atoms with van der Waals surface area (Å²) in [4.78, 5) is 21.2. The van der Waals surface area contributed by atoms with Gasteiger partial charge in [-0.25, -0.2) is 0 Å². The number of rotatable bonds is 4. The molecule has 0 bridgehead atoms. The molecule has 0 heterocycles. The molecule has 0 aliphatic carbocycles. The van der Waals surface area contributed by atoms with Gasteiger partial charge < -0.3 is 4.29 Å². The monoisotopic (exact) mass is 212 g/mol. The lowest BCUT2D eigenvalue weighted by Gasteiger charge is -2.19. The van der Waals surface area contributed by atoms with Crippen molar-refractivity contribution in [2.75, 3.05) is 0 Å². The molecule has 0 unspecified atom stereocenters. The van der Waals surface area contributed by atoms with Crippen LogP contribution in [0.4, 0.5) is 0 Å². The summed E-state index contributed by atoms with van der Waals surface area (Å²) in [5.41, 5.74) is -0.495. The minimum absolute atomic E-state index is 0.0783. The Kier molecular flexibility index (Phi) is 4.57. The molecule has 0 aromatic rings. The number of carbonyl (C=O) groups is 2. The lowest BCUT2D eigenvalue weighted by molar-refractivity contribution is -0.136. The summed E-state index contributed by atoms with van der Waals surface area (Å²) in [6.45, 7) is 3.47. The van der Waals surface area contributed by atoms with Gasteiger partial charge in [-0.15, -0.1) is 0 Å². The number of carbonyl (C=O) groups excluding carboxylic acids is 2. The minimum Gasteiger partial charge on any atom is -0.348 e. The van der Waals surface area contributed by atoms with Gasteiger partial charge in [0, 0.05) is 6.42 Å². The predicted molar refractivity (Wildman–Crippen MR) is 45.8 cm³/mol. The van der Waals surface area contributed by atoms with E-state index in [9.17, 15) is 9.59 Å². The van der Waals surface area contributed by atoms with E-state index in [1.54, 1.807) is 13.8 Å². The van der Waals surface area contributed by atoms with E-state index < -0.39 is 16.6 Å². The molecule has 0 spiro atoms. The van der Waals surface area contributed by atoms with Crippen molar-refractivity contribution in [2.24, 2.45) is 5.41 Å². The Hall–Kier alpha value is -0.280. The van der Waals surface area contributed by atoms with Gasteiger partial charge >= 0.3 is 5.97 Å². The summed E-state index contributed by atoms with van der Waals surface area (Å²) in [7, 11) is 0. The van der Waals surface area contributed by atoms with Crippen molar-refractivity contribution >= 4 is 34.7 Å². The maximum atomic E-state index is 10.7. The molecular weight excluding hydrogens is 203 g/mol. The van der Waals surface area contributed by atoms with E-state index in [-0.39, 0.29) is 12.8 Å². The van der Waals surface area contributed by atoms with Gasteiger partial charge in [-0.2, -0.15) is 0 Å². The molecule has 0 aromatic carbocycles. The van der Waals surface area contributed by atoms with Crippen molar-refractivity contribution in [3.8, 4) is 0 Å². The first-order valence-corrected chi connectivity index (χ1v) is 4.06. The van der Waals surface area contributed by atoms with Crippen LogP contribution < -0.4 is 0 Å². The van der Waals surface area contributed by atoms with Crippen LogP contribution >= 0.6 is 23.5 Å². The molecule has 0 N–H and O–H groups in total. The molecule has 0 rings (SSSR count). The maximum absolute atomic E-state index is 10.7. The van der Waals surface area contributed by atoms with Crippen molar-refractivity contribution in [2.45, 2.75) is 26.7 Å². The second kappa shape index (κ2) is 4.67. The Morgan fingerprint density at radius 1 is 1.33 bits per heavy atom. The average Bonchev–Trinajstić information content (AvgIpc) is 1.83. The largest absolute Gasteiger partial charge is 0.348 e. The highest BCUT2D eigenvalue weighted by atomic mass is 35.5. The fourth-order valence-corrected chi connectivity index (χ4v) is 1.27. The first-order chi connectivity index (χ1) is 5.37. The average molecular weight is 213 g/mol. The molecule has 70 valence electrons. The smallest absolute Gasteiger partial charge is 0.325 e. The third kappa shape index (κ3) is 5.38. The normalized spacial score (nSPS) is 11.0. The van der Waals surface area contributed by atoms with Crippen LogP contribution in [0.2, 0.25) is 0 Å². The van der Waals surface area contributed by atoms with Gasteiger partial charge in [0.1, 0.15) is 11.9 Å². The van der Waals surface area contributed by atoms with Crippen LogP contribution in [-0.4, -0.2) is 11.2 Å². The van der Waals surface area contributed by atoms with Gasteiger partial charge in [-0.3, -0.25) is 9.59 Å². The van der Waals surface area contributed by atoms with E-state index in [2.05, 4.69) is 4.29 Å². The maximum Gasteiger partial charge on any atom is 0.325 e. The molecule has 12 heavy (non-hydrogen) atoms. The van der Waals surface area contributed by atoms with E-state index in [0.717, 1.165) is 0 Å². The predicted octanol–water partition coefficient (Wildman–Crippen LogP) is 2.26. The molecule has 0 saturated heterocycles. The van der Waals surface area contributed by atoms with Crippen LogP contribution in [0.15, 0.2) is 0 Å². The summed E-state index contributed by atoms with van der Waals surface area (Å²) in [6.07, 6.45) is 0.204. The molecule has 0 aliphatic heterocycles. The highest BCUT2D eigenvalue weighted by Gasteiger charge is 2.25. The molecular formula is C7H10Cl2O3. The van der Waals surface area contributed by atoms with Crippen LogP contribution in [-0.2, 0) is 13.9 Å². The van der Waals surface area contributed by atoms with Gasteiger partial charge in [0.25, 0.3) is 0 Å². The first-order valence-electron chi connectivity index (χ1n) is 3.37. The molecule has 0 radical (unpaired) electrons. The highest BCUT2D eigenvalue weighted by Crippen LogP contribution is 2.26. The Morgan fingerprint density at radius 3 is 2.17 bits per heavy atom. The zero-order chi connectivity index (χ0) is 9.78. The fourth-order valence-electron chi connectivity index (χ4n) is 0.857. The van der Waals surface area contributed by atoms with E-state index >= 15 is 0 Å². The zero-order valence-electron chi connectivity index (χ0n) is 6.89. The molecule has 5 heteroatoms. The number of halogens is 2. The van der Waals surface area contributed by atoms with Crippen LogP contribution in [0, 0.1) is 5.41 Å². The van der Waals surface area contributed by atoms with Gasteiger partial charge in [-0.05, 0) is 17.0 Å². The summed E-state index contributed by atoms with van der Waals surface area (Å²) in [5, 5.41) is -0.470. The van der Waals surface area contributed by atoms with Crippen molar-refractivity contribution in [1.29, 1.82) is 0 Å². The fraction of sp³-hybridized carbons (Fsp3) is 0.714.